The second kappa shape index (κ2) is 6.37. The molecule has 1 fully saturated rings. The summed E-state index contributed by atoms with van der Waals surface area (Å²) >= 11 is 2.12. The van der Waals surface area contributed by atoms with Gasteiger partial charge in [-0.2, -0.15) is 11.8 Å². The van der Waals surface area contributed by atoms with Crippen LogP contribution in [0.1, 0.15) is 44.7 Å². The van der Waals surface area contributed by atoms with Gasteiger partial charge >= 0.3 is 0 Å². The Kier molecular flexibility index (Phi) is 4.51. The van der Waals surface area contributed by atoms with Crippen LogP contribution < -0.4 is 5.32 Å². The van der Waals surface area contributed by atoms with Gasteiger partial charge in [0.1, 0.15) is 0 Å². The Morgan fingerprint density at radius 3 is 2.95 bits per heavy atom. The minimum Gasteiger partial charge on any atom is -0.309 e. The number of nitrogens with one attached hydrogen (secondary N) is 1. The van der Waals surface area contributed by atoms with Gasteiger partial charge in [-0.15, -0.1) is 0 Å². The van der Waals surface area contributed by atoms with Crippen molar-refractivity contribution < 1.29 is 0 Å². The summed E-state index contributed by atoms with van der Waals surface area (Å²) in [7, 11) is 0. The maximum absolute atomic E-state index is 4.50. The molecule has 1 N–H and O–H groups in total. The highest BCUT2D eigenvalue weighted by atomic mass is 32.2. The Hall–Kier alpha value is -1.06. The third-order valence-electron chi connectivity index (χ3n) is 4.47. The highest BCUT2D eigenvalue weighted by molar-refractivity contribution is 8.00. The number of hydrogen-bond donors (Lipinski definition) is 1. The molecule has 2 nitrogen and oxygen atoms in total. The van der Waals surface area contributed by atoms with Crippen LogP contribution in [0.15, 0.2) is 36.7 Å². The maximum atomic E-state index is 4.50. The van der Waals surface area contributed by atoms with E-state index in [1.807, 2.05) is 6.20 Å². The molecule has 2 atom stereocenters. The molecule has 0 amide bonds. The van der Waals surface area contributed by atoms with Crippen molar-refractivity contribution in [1.29, 1.82) is 0 Å². The lowest BCUT2D eigenvalue weighted by Crippen LogP contribution is -2.38. The van der Waals surface area contributed by atoms with E-state index in [2.05, 4.69) is 66.4 Å². The highest BCUT2D eigenvalue weighted by Gasteiger charge is 2.39. The van der Waals surface area contributed by atoms with Gasteiger partial charge in [0.25, 0.3) is 0 Å². The summed E-state index contributed by atoms with van der Waals surface area (Å²) in [6.07, 6.45) is 7.81. The number of hydrogen-bond acceptors (Lipinski definition) is 3. The van der Waals surface area contributed by atoms with Crippen molar-refractivity contribution in [2.45, 2.75) is 43.9 Å². The average molecular weight is 300 g/mol. The zero-order valence-electron chi connectivity index (χ0n) is 12.9. The van der Waals surface area contributed by atoms with Crippen LogP contribution >= 0.6 is 11.8 Å². The molecule has 0 bridgehead atoms. The van der Waals surface area contributed by atoms with Crippen molar-refractivity contribution in [3.63, 3.8) is 0 Å². The van der Waals surface area contributed by atoms with Crippen LogP contribution in [0.4, 0.5) is 0 Å². The Labute approximate surface area is 131 Å². The molecule has 1 aliphatic heterocycles. The van der Waals surface area contributed by atoms with Gasteiger partial charge in [0.05, 0.1) is 0 Å². The molecule has 0 radical (unpaired) electrons. The van der Waals surface area contributed by atoms with E-state index >= 15 is 0 Å². The van der Waals surface area contributed by atoms with E-state index in [4.69, 9.17) is 0 Å². The minimum atomic E-state index is 0.279. The molecule has 21 heavy (non-hydrogen) atoms. The Morgan fingerprint density at radius 1 is 1.33 bits per heavy atom. The van der Waals surface area contributed by atoms with E-state index < -0.39 is 0 Å². The highest BCUT2D eigenvalue weighted by Crippen LogP contribution is 2.47. The largest absolute Gasteiger partial charge is 0.309 e. The number of fused-ring (bicyclic) bond motifs is 1. The molecule has 1 aromatic heterocycles. The number of thioether (sulfide) groups is 1. The lowest BCUT2D eigenvalue weighted by atomic mass is 9.88. The smallest absolute Gasteiger partial charge is 0.0488 e. The molecule has 1 saturated heterocycles. The zero-order chi connectivity index (χ0) is 14.7. The number of nitrogens with zero attached hydrogens (tertiary/aromatic N) is 1. The van der Waals surface area contributed by atoms with Gasteiger partial charge in [-0.25, -0.2) is 0 Å². The molecule has 0 saturated carbocycles. The summed E-state index contributed by atoms with van der Waals surface area (Å²) in [6.45, 7) is 5.71. The van der Waals surface area contributed by atoms with E-state index in [0.717, 1.165) is 13.0 Å². The van der Waals surface area contributed by atoms with Gasteiger partial charge in [-0.1, -0.05) is 31.2 Å². The van der Waals surface area contributed by atoms with Gasteiger partial charge in [-0.05, 0) is 49.4 Å². The molecule has 1 aliphatic rings. The zero-order valence-corrected chi connectivity index (χ0v) is 13.7. The van der Waals surface area contributed by atoms with Crippen molar-refractivity contribution in [1.82, 2.24) is 10.3 Å². The van der Waals surface area contributed by atoms with Crippen molar-refractivity contribution in [3.05, 3.63) is 42.2 Å². The fraction of sp³-hybridized carbons (Fsp3) is 0.500. The maximum Gasteiger partial charge on any atom is 0.0488 e. The lowest BCUT2D eigenvalue weighted by molar-refractivity contribution is 0.414. The molecule has 112 valence electrons. The first kappa shape index (κ1) is 14.9. The van der Waals surface area contributed by atoms with Gasteiger partial charge in [-0.3, -0.25) is 4.98 Å². The molecule has 0 spiro atoms. The van der Waals surface area contributed by atoms with Crippen LogP contribution in [-0.4, -0.2) is 22.0 Å². The van der Waals surface area contributed by atoms with Crippen LogP contribution in [0.3, 0.4) is 0 Å². The summed E-state index contributed by atoms with van der Waals surface area (Å²) < 4.78 is 0.279. The average Bonchev–Trinajstić information content (AvgIpc) is 2.95. The second-order valence-electron chi connectivity index (χ2n) is 6.10. The van der Waals surface area contributed by atoms with E-state index in [1.165, 1.54) is 34.9 Å². The quantitative estimate of drug-likeness (QED) is 0.876. The van der Waals surface area contributed by atoms with Gasteiger partial charge in [0, 0.05) is 28.6 Å². The summed E-state index contributed by atoms with van der Waals surface area (Å²) in [5.74, 6) is 1.28. The van der Waals surface area contributed by atoms with Gasteiger partial charge in [0.2, 0.25) is 0 Å². The van der Waals surface area contributed by atoms with E-state index in [-0.39, 0.29) is 4.75 Å². The van der Waals surface area contributed by atoms with Crippen LogP contribution in [0.2, 0.25) is 0 Å². The topological polar surface area (TPSA) is 24.9 Å². The molecule has 1 aromatic carbocycles. The molecule has 3 heteroatoms. The molecular formula is C18H24N2S. The van der Waals surface area contributed by atoms with Crippen molar-refractivity contribution in [3.8, 4) is 0 Å². The second-order valence-corrected chi connectivity index (χ2v) is 7.73. The third kappa shape index (κ3) is 2.95. The molecule has 3 rings (SSSR count). The first-order chi connectivity index (χ1) is 10.2. The normalized spacial score (nSPS) is 23.5. The van der Waals surface area contributed by atoms with Crippen molar-refractivity contribution in [2.24, 2.45) is 0 Å². The SMILES string of the molecule is CCCNC(c1cncc2ccccc12)C1(C)CCCS1. The first-order valence-electron chi connectivity index (χ1n) is 7.94. The Bertz CT molecular complexity index is 600. The van der Waals surface area contributed by atoms with Crippen LogP contribution in [0, 0.1) is 0 Å². The Morgan fingerprint density at radius 2 is 2.19 bits per heavy atom. The number of rotatable bonds is 5. The van der Waals surface area contributed by atoms with Crippen molar-refractivity contribution >= 4 is 22.5 Å². The van der Waals surface area contributed by atoms with Crippen molar-refractivity contribution in [2.75, 3.05) is 12.3 Å². The van der Waals surface area contributed by atoms with E-state index in [9.17, 15) is 0 Å². The predicted octanol–water partition coefficient (Wildman–Crippen LogP) is 4.56. The van der Waals surface area contributed by atoms with Gasteiger partial charge < -0.3 is 5.32 Å². The Balaban J connectivity index is 2.05. The molecule has 2 heterocycles. The standard InChI is InChI=1S/C18H24N2S/c1-3-10-20-17(18(2)9-6-11-21-18)16-13-19-12-14-7-4-5-8-15(14)16/h4-5,7-8,12-13,17,20H,3,6,9-11H2,1-2H3. The molecule has 0 aliphatic carbocycles. The van der Waals surface area contributed by atoms with E-state index in [1.54, 1.807) is 0 Å². The third-order valence-corrected chi connectivity index (χ3v) is 6.06. The number of pyridine rings is 1. The number of benzene rings is 1. The first-order valence-corrected chi connectivity index (χ1v) is 8.93. The summed E-state index contributed by atoms with van der Waals surface area (Å²) in [4.78, 5) is 4.50. The van der Waals surface area contributed by atoms with Gasteiger partial charge in [0.15, 0.2) is 0 Å². The molecule has 2 unspecified atom stereocenters. The van der Waals surface area contributed by atoms with E-state index in [0.29, 0.717) is 6.04 Å². The predicted molar refractivity (Wildman–Crippen MR) is 92.9 cm³/mol. The lowest BCUT2D eigenvalue weighted by Gasteiger charge is -2.35. The molecule has 2 aromatic rings. The molecular weight excluding hydrogens is 276 g/mol. The minimum absolute atomic E-state index is 0.279. The monoisotopic (exact) mass is 300 g/mol. The van der Waals surface area contributed by atoms with Crippen LogP contribution in [0.25, 0.3) is 10.8 Å². The fourth-order valence-corrected chi connectivity index (χ4v) is 4.76. The van der Waals surface area contributed by atoms with Crippen LogP contribution in [0.5, 0.6) is 0 Å². The summed E-state index contributed by atoms with van der Waals surface area (Å²) in [5, 5.41) is 6.38. The van der Waals surface area contributed by atoms with Crippen LogP contribution in [-0.2, 0) is 0 Å². The summed E-state index contributed by atoms with van der Waals surface area (Å²) in [6, 6.07) is 8.99. The number of aromatic nitrogens is 1. The fourth-order valence-electron chi connectivity index (χ4n) is 3.34. The summed E-state index contributed by atoms with van der Waals surface area (Å²) in [5.41, 5.74) is 1.36.